The third kappa shape index (κ3) is 2.78. The Morgan fingerprint density at radius 3 is 2.67 bits per heavy atom. The first kappa shape index (κ1) is 14.1. The highest BCUT2D eigenvalue weighted by Crippen LogP contribution is 2.33. The van der Waals surface area contributed by atoms with Crippen LogP contribution in [0.25, 0.3) is 0 Å². The van der Waals surface area contributed by atoms with Crippen LogP contribution in [0.3, 0.4) is 0 Å². The first-order valence-corrected chi connectivity index (χ1v) is 7.49. The van der Waals surface area contributed by atoms with Gasteiger partial charge in [-0.25, -0.2) is 4.79 Å². The number of piperazine rings is 1. The van der Waals surface area contributed by atoms with E-state index in [2.05, 4.69) is 11.8 Å². The van der Waals surface area contributed by atoms with E-state index in [9.17, 15) is 9.59 Å². The number of hydrogen-bond donors (Lipinski definition) is 0. The van der Waals surface area contributed by atoms with Crippen LogP contribution in [0.15, 0.2) is 24.3 Å². The molecule has 5 nitrogen and oxygen atoms in total. The normalized spacial score (nSPS) is 22.0. The molecule has 3 rings (SSSR count). The van der Waals surface area contributed by atoms with E-state index in [0.29, 0.717) is 5.56 Å². The minimum atomic E-state index is -0.426. The van der Waals surface area contributed by atoms with Crippen LogP contribution < -0.4 is 0 Å². The SMILES string of the molecule is CCN1CCN(C(=O)C[C@@H]2OC(=O)c3ccccc32)CC1. The van der Waals surface area contributed by atoms with Crippen molar-refractivity contribution in [1.82, 2.24) is 9.80 Å². The Kier molecular flexibility index (Phi) is 3.92. The van der Waals surface area contributed by atoms with Crippen LogP contribution in [0.1, 0.15) is 35.4 Å². The molecule has 0 spiro atoms. The van der Waals surface area contributed by atoms with Gasteiger partial charge in [0.05, 0.1) is 12.0 Å². The van der Waals surface area contributed by atoms with Gasteiger partial charge in [-0.1, -0.05) is 25.1 Å². The van der Waals surface area contributed by atoms with Gasteiger partial charge in [-0.3, -0.25) is 4.79 Å². The number of rotatable bonds is 3. The van der Waals surface area contributed by atoms with E-state index < -0.39 is 6.10 Å². The molecule has 0 saturated carbocycles. The molecule has 21 heavy (non-hydrogen) atoms. The molecule has 5 heteroatoms. The van der Waals surface area contributed by atoms with Crippen molar-refractivity contribution < 1.29 is 14.3 Å². The second-order valence-electron chi connectivity index (χ2n) is 5.50. The number of nitrogens with zero attached hydrogens (tertiary/aromatic N) is 2. The van der Waals surface area contributed by atoms with Crippen LogP contribution in [0.2, 0.25) is 0 Å². The number of likely N-dealkylation sites (N-methyl/N-ethyl adjacent to an activating group) is 1. The lowest BCUT2D eigenvalue weighted by Crippen LogP contribution is -2.48. The molecule has 1 amide bonds. The van der Waals surface area contributed by atoms with Gasteiger partial charge in [-0.2, -0.15) is 0 Å². The zero-order chi connectivity index (χ0) is 14.8. The molecule has 112 valence electrons. The Balaban J connectivity index is 1.63. The van der Waals surface area contributed by atoms with Gasteiger partial charge in [-0.05, 0) is 12.6 Å². The van der Waals surface area contributed by atoms with E-state index in [0.717, 1.165) is 38.3 Å². The van der Waals surface area contributed by atoms with Crippen molar-refractivity contribution in [3.8, 4) is 0 Å². The summed E-state index contributed by atoms with van der Waals surface area (Å²) in [5.74, 6) is -0.251. The van der Waals surface area contributed by atoms with Crippen LogP contribution in [-0.2, 0) is 9.53 Å². The van der Waals surface area contributed by atoms with Crippen molar-refractivity contribution >= 4 is 11.9 Å². The number of carbonyl (C=O) groups is 2. The lowest BCUT2D eigenvalue weighted by molar-refractivity contribution is -0.135. The van der Waals surface area contributed by atoms with Gasteiger partial charge in [0, 0.05) is 31.7 Å². The standard InChI is InChI=1S/C16H20N2O3/c1-2-17-7-9-18(10-8-17)15(19)11-14-12-5-3-4-6-13(12)16(20)21-14/h3-6,14H,2,7-11H2,1H3/t14-/m0/s1. The van der Waals surface area contributed by atoms with Crippen LogP contribution in [0.4, 0.5) is 0 Å². The monoisotopic (exact) mass is 288 g/mol. The van der Waals surface area contributed by atoms with E-state index in [1.807, 2.05) is 23.1 Å². The Morgan fingerprint density at radius 2 is 1.95 bits per heavy atom. The molecule has 0 radical (unpaired) electrons. The number of esters is 1. The van der Waals surface area contributed by atoms with Crippen molar-refractivity contribution in [2.24, 2.45) is 0 Å². The second-order valence-corrected chi connectivity index (χ2v) is 5.50. The van der Waals surface area contributed by atoms with Gasteiger partial charge in [0.25, 0.3) is 0 Å². The topological polar surface area (TPSA) is 49.9 Å². The highest BCUT2D eigenvalue weighted by Gasteiger charge is 2.33. The van der Waals surface area contributed by atoms with Gasteiger partial charge in [-0.15, -0.1) is 0 Å². The number of hydrogen-bond acceptors (Lipinski definition) is 4. The number of cyclic esters (lactones) is 1. The maximum Gasteiger partial charge on any atom is 0.339 e. The van der Waals surface area contributed by atoms with Crippen LogP contribution in [-0.4, -0.2) is 54.4 Å². The summed E-state index contributed by atoms with van der Waals surface area (Å²) in [6, 6.07) is 7.31. The summed E-state index contributed by atoms with van der Waals surface area (Å²) in [6.07, 6.45) is -0.181. The van der Waals surface area contributed by atoms with Crippen LogP contribution in [0.5, 0.6) is 0 Å². The molecule has 0 N–H and O–H groups in total. The summed E-state index contributed by atoms with van der Waals surface area (Å²) in [4.78, 5) is 28.3. The van der Waals surface area contributed by atoms with Crippen LogP contribution >= 0.6 is 0 Å². The van der Waals surface area contributed by atoms with E-state index in [1.54, 1.807) is 6.07 Å². The van der Waals surface area contributed by atoms with E-state index in [4.69, 9.17) is 4.74 Å². The summed E-state index contributed by atoms with van der Waals surface area (Å²) >= 11 is 0. The average molecular weight is 288 g/mol. The van der Waals surface area contributed by atoms with Gasteiger partial charge in [0.2, 0.25) is 5.91 Å². The number of amides is 1. The van der Waals surface area contributed by atoms with Gasteiger partial charge in [0.15, 0.2) is 0 Å². The zero-order valence-corrected chi connectivity index (χ0v) is 12.2. The predicted octanol–water partition coefficient (Wildman–Crippen LogP) is 1.45. The van der Waals surface area contributed by atoms with Gasteiger partial charge in [0.1, 0.15) is 6.10 Å². The van der Waals surface area contributed by atoms with Crippen molar-refractivity contribution in [2.75, 3.05) is 32.7 Å². The number of benzene rings is 1. The minimum absolute atomic E-state index is 0.0697. The fourth-order valence-corrected chi connectivity index (χ4v) is 2.97. The highest BCUT2D eigenvalue weighted by molar-refractivity contribution is 5.94. The van der Waals surface area contributed by atoms with E-state index >= 15 is 0 Å². The van der Waals surface area contributed by atoms with Crippen molar-refractivity contribution in [1.29, 1.82) is 0 Å². The first-order chi connectivity index (χ1) is 10.2. The maximum atomic E-state index is 12.4. The molecule has 1 aromatic carbocycles. The fourth-order valence-electron chi connectivity index (χ4n) is 2.97. The molecule has 1 fully saturated rings. The fraction of sp³-hybridized carbons (Fsp3) is 0.500. The molecule has 0 bridgehead atoms. The number of carbonyl (C=O) groups excluding carboxylic acids is 2. The summed E-state index contributed by atoms with van der Waals surface area (Å²) in [7, 11) is 0. The predicted molar refractivity (Wildman–Crippen MR) is 77.9 cm³/mol. The molecule has 0 unspecified atom stereocenters. The average Bonchev–Trinajstić information content (AvgIpc) is 2.84. The third-order valence-electron chi connectivity index (χ3n) is 4.31. The molecular weight excluding hydrogens is 268 g/mol. The molecule has 1 aromatic rings. The second kappa shape index (κ2) is 5.85. The minimum Gasteiger partial charge on any atom is -0.453 e. The molecule has 1 saturated heterocycles. The molecule has 2 aliphatic rings. The van der Waals surface area contributed by atoms with E-state index in [1.165, 1.54) is 0 Å². The molecule has 2 aliphatic heterocycles. The molecule has 1 atom stereocenters. The Morgan fingerprint density at radius 1 is 1.24 bits per heavy atom. The Bertz CT molecular complexity index is 550. The van der Waals surface area contributed by atoms with Gasteiger partial charge < -0.3 is 14.5 Å². The highest BCUT2D eigenvalue weighted by atomic mass is 16.5. The maximum absolute atomic E-state index is 12.4. The van der Waals surface area contributed by atoms with Crippen LogP contribution in [0, 0.1) is 0 Å². The summed E-state index contributed by atoms with van der Waals surface area (Å²) in [6.45, 7) is 6.51. The lowest BCUT2D eigenvalue weighted by Gasteiger charge is -2.34. The Hall–Kier alpha value is -1.88. The van der Waals surface area contributed by atoms with Crippen molar-refractivity contribution in [3.63, 3.8) is 0 Å². The summed E-state index contributed by atoms with van der Waals surface area (Å²) in [5, 5.41) is 0. The third-order valence-corrected chi connectivity index (χ3v) is 4.31. The smallest absolute Gasteiger partial charge is 0.339 e. The lowest BCUT2D eigenvalue weighted by atomic mass is 10.0. The molecule has 0 aromatic heterocycles. The number of ether oxygens (including phenoxy) is 1. The molecular formula is C16H20N2O3. The largest absolute Gasteiger partial charge is 0.453 e. The van der Waals surface area contributed by atoms with E-state index in [-0.39, 0.29) is 18.3 Å². The number of fused-ring (bicyclic) bond motifs is 1. The van der Waals surface area contributed by atoms with Crippen molar-refractivity contribution in [3.05, 3.63) is 35.4 Å². The quantitative estimate of drug-likeness (QED) is 0.790. The first-order valence-electron chi connectivity index (χ1n) is 7.49. The summed E-state index contributed by atoms with van der Waals surface area (Å²) < 4.78 is 5.34. The zero-order valence-electron chi connectivity index (χ0n) is 12.2. The summed E-state index contributed by atoms with van der Waals surface area (Å²) in [5.41, 5.74) is 1.43. The van der Waals surface area contributed by atoms with Gasteiger partial charge >= 0.3 is 5.97 Å². The Labute approximate surface area is 124 Å². The molecule has 2 heterocycles. The molecule has 0 aliphatic carbocycles. The van der Waals surface area contributed by atoms with Crippen molar-refractivity contribution in [2.45, 2.75) is 19.4 Å².